The van der Waals surface area contributed by atoms with Crippen molar-refractivity contribution in [1.29, 1.82) is 0 Å². The number of carbonyl (C=O) groups is 2. The van der Waals surface area contributed by atoms with Crippen LogP contribution in [0.25, 0.3) is 0 Å². The highest BCUT2D eigenvalue weighted by Gasteiger charge is 2.14. The first-order valence-corrected chi connectivity index (χ1v) is 21.3. The van der Waals surface area contributed by atoms with E-state index >= 15 is 0 Å². The zero-order valence-corrected chi connectivity index (χ0v) is 32.3. The highest BCUT2D eigenvalue weighted by molar-refractivity contribution is 5.69. The fourth-order valence-corrected chi connectivity index (χ4v) is 6.51. The molecular formula is C44H82O4. The lowest BCUT2D eigenvalue weighted by molar-refractivity contribution is -0.150. The minimum atomic E-state index is -0.740. The fourth-order valence-electron chi connectivity index (χ4n) is 6.51. The van der Waals surface area contributed by atoms with Crippen molar-refractivity contribution in [3.8, 4) is 0 Å². The van der Waals surface area contributed by atoms with Crippen molar-refractivity contribution >= 4 is 11.9 Å². The average Bonchev–Trinajstić information content (AvgIpc) is 3.07. The molecule has 0 fully saturated rings. The third kappa shape index (κ3) is 38.9. The molecule has 0 saturated heterocycles. The standard InChI is InChI=1S/C44H82O4/c1-3-5-7-9-11-13-15-17-18-19-20-21-22-23-24-25-27-29-31-33-35-41-44(47)48-42(39-36-37-40-43(45)46)38-34-32-30-28-26-16-14-12-10-8-6-4-2/h11,13,17-18,42H,3-10,12,14-16,19-41H2,1-2H3,(H,45,46)/b13-11-,18-17-. The monoisotopic (exact) mass is 675 g/mol. The molecule has 0 aromatic heterocycles. The Morgan fingerprint density at radius 1 is 0.458 bits per heavy atom. The van der Waals surface area contributed by atoms with E-state index in [0.29, 0.717) is 12.8 Å². The van der Waals surface area contributed by atoms with Crippen LogP contribution in [-0.4, -0.2) is 23.1 Å². The van der Waals surface area contributed by atoms with E-state index in [9.17, 15) is 9.59 Å². The maximum absolute atomic E-state index is 12.6. The lowest BCUT2D eigenvalue weighted by Crippen LogP contribution is -2.18. The summed E-state index contributed by atoms with van der Waals surface area (Å²) >= 11 is 0. The first kappa shape index (κ1) is 46.4. The van der Waals surface area contributed by atoms with Crippen LogP contribution in [0.1, 0.15) is 239 Å². The van der Waals surface area contributed by atoms with Crippen molar-refractivity contribution in [1.82, 2.24) is 0 Å². The largest absolute Gasteiger partial charge is 0.481 e. The summed E-state index contributed by atoms with van der Waals surface area (Å²) in [6, 6.07) is 0. The molecule has 0 rings (SSSR count). The van der Waals surface area contributed by atoms with Crippen molar-refractivity contribution in [2.45, 2.75) is 245 Å². The van der Waals surface area contributed by atoms with E-state index in [4.69, 9.17) is 9.84 Å². The van der Waals surface area contributed by atoms with Crippen LogP contribution in [-0.2, 0) is 14.3 Å². The quantitative estimate of drug-likeness (QED) is 0.0400. The van der Waals surface area contributed by atoms with Crippen molar-refractivity contribution in [3.05, 3.63) is 24.3 Å². The van der Waals surface area contributed by atoms with Gasteiger partial charge in [0.2, 0.25) is 0 Å². The van der Waals surface area contributed by atoms with E-state index in [1.807, 2.05) is 0 Å². The molecule has 0 bridgehead atoms. The number of carbonyl (C=O) groups excluding carboxylic acids is 1. The van der Waals surface area contributed by atoms with Crippen molar-refractivity contribution < 1.29 is 19.4 Å². The zero-order chi connectivity index (χ0) is 35.0. The van der Waals surface area contributed by atoms with Gasteiger partial charge in [0.25, 0.3) is 0 Å². The summed E-state index contributed by atoms with van der Waals surface area (Å²) in [7, 11) is 0. The smallest absolute Gasteiger partial charge is 0.306 e. The Morgan fingerprint density at radius 2 is 0.812 bits per heavy atom. The Labute approximate surface area is 299 Å². The summed E-state index contributed by atoms with van der Waals surface area (Å²) < 4.78 is 5.91. The maximum Gasteiger partial charge on any atom is 0.306 e. The molecule has 0 aliphatic heterocycles. The molecule has 4 nitrogen and oxygen atoms in total. The van der Waals surface area contributed by atoms with E-state index in [1.54, 1.807) is 0 Å². The number of carboxylic acids is 1. The predicted molar refractivity (Wildman–Crippen MR) is 209 cm³/mol. The highest BCUT2D eigenvalue weighted by Crippen LogP contribution is 2.19. The summed E-state index contributed by atoms with van der Waals surface area (Å²) in [5, 5.41) is 8.96. The van der Waals surface area contributed by atoms with E-state index in [0.717, 1.165) is 44.9 Å². The van der Waals surface area contributed by atoms with Crippen molar-refractivity contribution in [3.63, 3.8) is 0 Å². The van der Waals surface area contributed by atoms with Crippen LogP contribution in [0, 0.1) is 0 Å². The van der Waals surface area contributed by atoms with E-state index < -0.39 is 5.97 Å². The van der Waals surface area contributed by atoms with E-state index in [-0.39, 0.29) is 18.5 Å². The lowest BCUT2D eigenvalue weighted by atomic mass is 10.0. The molecule has 0 amide bonds. The third-order valence-corrected chi connectivity index (χ3v) is 9.68. The number of allylic oxidation sites excluding steroid dienone is 4. The first-order valence-electron chi connectivity index (χ1n) is 21.3. The molecular weight excluding hydrogens is 592 g/mol. The van der Waals surface area contributed by atoms with Gasteiger partial charge < -0.3 is 9.84 Å². The van der Waals surface area contributed by atoms with Crippen molar-refractivity contribution in [2.24, 2.45) is 0 Å². The Morgan fingerprint density at radius 3 is 1.29 bits per heavy atom. The molecule has 0 heterocycles. The molecule has 0 aliphatic rings. The predicted octanol–water partition coefficient (Wildman–Crippen LogP) is 14.8. The second-order valence-corrected chi connectivity index (χ2v) is 14.5. The Hall–Kier alpha value is -1.58. The third-order valence-electron chi connectivity index (χ3n) is 9.68. The summed E-state index contributed by atoms with van der Waals surface area (Å²) in [5.74, 6) is -0.794. The van der Waals surface area contributed by atoms with Gasteiger partial charge in [-0.05, 0) is 70.6 Å². The SMILES string of the molecule is CCCCC/C=C\C/C=C\CCCCCCCCCCCCCC(=O)OC(CCCCCCCCCCCCCC)CCCCC(=O)O. The fraction of sp³-hybridized carbons (Fsp3) is 0.864. The van der Waals surface area contributed by atoms with Crippen LogP contribution in [0.2, 0.25) is 0 Å². The van der Waals surface area contributed by atoms with Gasteiger partial charge >= 0.3 is 11.9 Å². The molecule has 0 aromatic rings. The van der Waals surface area contributed by atoms with Gasteiger partial charge in [-0.25, -0.2) is 0 Å². The summed E-state index contributed by atoms with van der Waals surface area (Å²) in [5.41, 5.74) is 0. The van der Waals surface area contributed by atoms with Gasteiger partial charge in [-0.2, -0.15) is 0 Å². The summed E-state index contributed by atoms with van der Waals surface area (Å²) in [4.78, 5) is 23.5. The number of esters is 1. The van der Waals surface area contributed by atoms with Gasteiger partial charge in [0.05, 0.1) is 0 Å². The van der Waals surface area contributed by atoms with Gasteiger partial charge in [-0.1, -0.05) is 179 Å². The molecule has 4 heteroatoms. The molecule has 0 aliphatic carbocycles. The van der Waals surface area contributed by atoms with Gasteiger partial charge in [-0.3, -0.25) is 9.59 Å². The lowest BCUT2D eigenvalue weighted by Gasteiger charge is -2.18. The van der Waals surface area contributed by atoms with Crippen LogP contribution in [0.3, 0.4) is 0 Å². The van der Waals surface area contributed by atoms with Crippen LogP contribution >= 0.6 is 0 Å². The topological polar surface area (TPSA) is 63.6 Å². The van der Waals surface area contributed by atoms with Crippen LogP contribution in [0.4, 0.5) is 0 Å². The minimum absolute atomic E-state index is 0.0433. The number of rotatable bonds is 39. The number of hydrogen-bond acceptors (Lipinski definition) is 3. The Bertz CT molecular complexity index is 727. The van der Waals surface area contributed by atoms with E-state index in [2.05, 4.69) is 38.2 Å². The van der Waals surface area contributed by atoms with Gasteiger partial charge in [0, 0.05) is 12.8 Å². The van der Waals surface area contributed by atoms with Crippen LogP contribution < -0.4 is 0 Å². The van der Waals surface area contributed by atoms with Gasteiger partial charge in [0.1, 0.15) is 6.10 Å². The van der Waals surface area contributed by atoms with E-state index in [1.165, 1.54) is 161 Å². The molecule has 1 atom stereocenters. The molecule has 48 heavy (non-hydrogen) atoms. The molecule has 0 saturated carbocycles. The first-order chi connectivity index (χ1) is 23.6. The van der Waals surface area contributed by atoms with Gasteiger partial charge in [-0.15, -0.1) is 0 Å². The Kier molecular flexibility index (Phi) is 38.5. The maximum atomic E-state index is 12.6. The normalized spacial score (nSPS) is 12.4. The Balaban J connectivity index is 3.78. The van der Waals surface area contributed by atoms with Crippen LogP contribution in [0.5, 0.6) is 0 Å². The molecule has 282 valence electrons. The highest BCUT2D eigenvalue weighted by atomic mass is 16.5. The molecule has 0 aromatic carbocycles. The number of aliphatic carboxylic acids is 1. The minimum Gasteiger partial charge on any atom is -0.481 e. The van der Waals surface area contributed by atoms with Crippen LogP contribution in [0.15, 0.2) is 24.3 Å². The summed E-state index contributed by atoms with van der Waals surface area (Å²) in [6.45, 7) is 4.53. The van der Waals surface area contributed by atoms with Crippen molar-refractivity contribution in [2.75, 3.05) is 0 Å². The second-order valence-electron chi connectivity index (χ2n) is 14.5. The average molecular weight is 675 g/mol. The molecule has 1 N–H and O–H groups in total. The zero-order valence-electron chi connectivity index (χ0n) is 32.3. The second kappa shape index (κ2) is 39.9. The summed E-state index contributed by atoms with van der Waals surface area (Å²) in [6.07, 6.45) is 50.6. The van der Waals surface area contributed by atoms with Gasteiger partial charge in [0.15, 0.2) is 0 Å². The number of ether oxygens (including phenoxy) is 1. The number of carboxylic acid groups (broad SMARTS) is 1. The molecule has 0 spiro atoms. The molecule has 1 unspecified atom stereocenters. The number of hydrogen-bond donors (Lipinski definition) is 1. The number of unbranched alkanes of at least 4 members (excludes halogenated alkanes) is 26. The molecule has 0 radical (unpaired) electrons.